The first kappa shape index (κ1) is 12.4. The van der Waals surface area contributed by atoms with E-state index in [2.05, 4.69) is 10.6 Å². The summed E-state index contributed by atoms with van der Waals surface area (Å²) in [6, 6.07) is 0.261. The first-order chi connectivity index (χ1) is 7.22. The summed E-state index contributed by atoms with van der Waals surface area (Å²) >= 11 is 0. The van der Waals surface area contributed by atoms with Gasteiger partial charge in [0.25, 0.3) is 0 Å². The van der Waals surface area contributed by atoms with Gasteiger partial charge in [0, 0.05) is 26.1 Å². The molecule has 15 heavy (non-hydrogen) atoms. The maximum atomic E-state index is 10.9. The average Bonchev–Trinajstić information content (AvgIpc) is 2.60. The first-order valence-electron chi connectivity index (χ1n) is 5.39. The van der Waals surface area contributed by atoms with Gasteiger partial charge in [-0.3, -0.25) is 4.79 Å². The predicted octanol–water partition coefficient (Wildman–Crippen LogP) is -0.748. The van der Waals surface area contributed by atoms with Crippen molar-refractivity contribution in [3.05, 3.63) is 0 Å². The van der Waals surface area contributed by atoms with Crippen molar-refractivity contribution in [2.45, 2.75) is 31.4 Å². The van der Waals surface area contributed by atoms with Gasteiger partial charge in [-0.1, -0.05) is 0 Å². The molecule has 5 heteroatoms. The second-order valence-electron chi connectivity index (χ2n) is 3.91. The molecule has 2 unspecified atom stereocenters. The topological polar surface area (TPSA) is 70.6 Å². The predicted molar refractivity (Wildman–Crippen MR) is 56.5 cm³/mol. The molecule has 0 radical (unpaired) electrons. The Hall–Kier alpha value is -0.650. The Balaban J connectivity index is 1.95. The Labute approximate surface area is 90.2 Å². The van der Waals surface area contributed by atoms with Crippen molar-refractivity contribution in [3.63, 3.8) is 0 Å². The fourth-order valence-corrected chi connectivity index (χ4v) is 1.65. The fourth-order valence-electron chi connectivity index (χ4n) is 1.65. The number of nitrogens with one attached hydrogen (secondary N) is 2. The van der Waals surface area contributed by atoms with Gasteiger partial charge < -0.3 is 20.5 Å². The summed E-state index contributed by atoms with van der Waals surface area (Å²) in [4.78, 5) is 10.9. The number of carbonyl (C=O) groups is 1. The zero-order valence-electron chi connectivity index (χ0n) is 9.16. The number of amides is 1. The van der Waals surface area contributed by atoms with Crippen LogP contribution in [0.1, 0.15) is 19.3 Å². The van der Waals surface area contributed by atoms with Crippen LogP contribution in [0, 0.1) is 0 Å². The van der Waals surface area contributed by atoms with Crippen molar-refractivity contribution in [1.29, 1.82) is 0 Å². The lowest BCUT2D eigenvalue weighted by atomic mass is 10.2. The molecule has 5 nitrogen and oxygen atoms in total. The minimum Gasteiger partial charge on any atom is -0.391 e. The van der Waals surface area contributed by atoms with Crippen LogP contribution in [-0.2, 0) is 9.53 Å². The van der Waals surface area contributed by atoms with E-state index >= 15 is 0 Å². The normalized spacial score (nSPS) is 22.8. The van der Waals surface area contributed by atoms with Crippen LogP contribution in [0.15, 0.2) is 0 Å². The van der Waals surface area contributed by atoms with Gasteiger partial charge in [0.1, 0.15) is 0 Å². The van der Waals surface area contributed by atoms with Crippen LogP contribution in [-0.4, -0.2) is 50.0 Å². The summed E-state index contributed by atoms with van der Waals surface area (Å²) in [5.74, 6) is 0.140. The number of aliphatic hydroxyl groups is 1. The van der Waals surface area contributed by atoms with Crippen molar-refractivity contribution in [2.75, 3.05) is 26.8 Å². The van der Waals surface area contributed by atoms with Crippen LogP contribution in [0.3, 0.4) is 0 Å². The van der Waals surface area contributed by atoms with E-state index in [4.69, 9.17) is 4.74 Å². The minimum atomic E-state index is -0.402. The molecule has 0 aromatic heterocycles. The number of ether oxygens (including phenoxy) is 1. The number of carbonyl (C=O) groups excluding carboxylic acids is 1. The first-order valence-corrected chi connectivity index (χ1v) is 5.39. The van der Waals surface area contributed by atoms with E-state index in [1.807, 2.05) is 0 Å². The third-order valence-electron chi connectivity index (χ3n) is 2.49. The molecule has 1 aliphatic heterocycles. The van der Waals surface area contributed by atoms with Gasteiger partial charge in [0.05, 0.1) is 12.7 Å². The maximum absolute atomic E-state index is 10.9. The quantitative estimate of drug-likeness (QED) is 0.490. The van der Waals surface area contributed by atoms with Gasteiger partial charge in [0.2, 0.25) is 5.91 Å². The van der Waals surface area contributed by atoms with Crippen molar-refractivity contribution < 1.29 is 14.6 Å². The zero-order valence-corrected chi connectivity index (χ0v) is 9.16. The fraction of sp³-hybridized carbons (Fsp3) is 0.900. The SMILES string of the molecule is COCC(O)CCNCC1CCC(=O)N1. The standard InChI is InChI=1S/C10H20N2O3/c1-15-7-9(13)4-5-11-6-8-2-3-10(14)12-8/h8-9,11,13H,2-7H2,1H3,(H,12,14). The summed E-state index contributed by atoms with van der Waals surface area (Å²) in [5, 5.41) is 15.4. The lowest BCUT2D eigenvalue weighted by Gasteiger charge is -2.13. The molecule has 1 heterocycles. The third kappa shape index (κ3) is 5.11. The summed E-state index contributed by atoms with van der Waals surface area (Å²) in [6.45, 7) is 1.91. The van der Waals surface area contributed by atoms with Gasteiger partial charge >= 0.3 is 0 Å². The number of rotatable bonds is 7. The van der Waals surface area contributed by atoms with Crippen LogP contribution in [0.4, 0.5) is 0 Å². The molecule has 1 fully saturated rings. The highest BCUT2D eigenvalue weighted by molar-refractivity contribution is 5.78. The molecule has 0 bridgehead atoms. The van der Waals surface area contributed by atoms with E-state index < -0.39 is 6.10 Å². The molecule has 1 saturated heterocycles. The van der Waals surface area contributed by atoms with Crippen LogP contribution in [0.25, 0.3) is 0 Å². The lowest BCUT2D eigenvalue weighted by molar-refractivity contribution is -0.119. The largest absolute Gasteiger partial charge is 0.391 e. The second-order valence-corrected chi connectivity index (χ2v) is 3.91. The van der Waals surface area contributed by atoms with Crippen molar-refractivity contribution in [2.24, 2.45) is 0 Å². The van der Waals surface area contributed by atoms with Crippen LogP contribution in [0.2, 0.25) is 0 Å². The number of hydrogen-bond donors (Lipinski definition) is 3. The monoisotopic (exact) mass is 216 g/mol. The number of aliphatic hydroxyl groups excluding tert-OH is 1. The molecule has 0 aromatic rings. The van der Waals surface area contributed by atoms with E-state index in [1.165, 1.54) is 0 Å². The second kappa shape index (κ2) is 6.76. The van der Waals surface area contributed by atoms with E-state index in [0.29, 0.717) is 19.4 Å². The minimum absolute atomic E-state index is 0.140. The summed E-state index contributed by atoms with van der Waals surface area (Å²) in [6.07, 6.45) is 1.82. The van der Waals surface area contributed by atoms with Crippen LogP contribution in [0.5, 0.6) is 0 Å². The Morgan fingerprint density at radius 2 is 2.53 bits per heavy atom. The van der Waals surface area contributed by atoms with Crippen LogP contribution >= 0.6 is 0 Å². The Bertz CT molecular complexity index is 199. The molecular weight excluding hydrogens is 196 g/mol. The van der Waals surface area contributed by atoms with E-state index in [1.54, 1.807) is 7.11 Å². The van der Waals surface area contributed by atoms with Gasteiger partial charge in [-0.05, 0) is 19.4 Å². The summed E-state index contributed by atoms with van der Waals surface area (Å²) in [7, 11) is 1.57. The molecule has 2 atom stereocenters. The molecule has 3 N–H and O–H groups in total. The molecule has 88 valence electrons. The molecule has 0 spiro atoms. The van der Waals surface area contributed by atoms with Crippen molar-refractivity contribution in [1.82, 2.24) is 10.6 Å². The number of hydrogen-bond acceptors (Lipinski definition) is 4. The highest BCUT2D eigenvalue weighted by atomic mass is 16.5. The molecule has 0 aromatic carbocycles. The third-order valence-corrected chi connectivity index (χ3v) is 2.49. The smallest absolute Gasteiger partial charge is 0.220 e. The summed E-state index contributed by atoms with van der Waals surface area (Å²) < 4.78 is 4.81. The molecule has 1 amide bonds. The molecule has 1 aliphatic rings. The van der Waals surface area contributed by atoms with E-state index in [-0.39, 0.29) is 11.9 Å². The van der Waals surface area contributed by atoms with Gasteiger partial charge in [-0.15, -0.1) is 0 Å². The van der Waals surface area contributed by atoms with Gasteiger partial charge in [0.15, 0.2) is 0 Å². The lowest BCUT2D eigenvalue weighted by Crippen LogP contribution is -2.36. The van der Waals surface area contributed by atoms with E-state index in [0.717, 1.165) is 19.5 Å². The Kier molecular flexibility index (Phi) is 5.60. The van der Waals surface area contributed by atoms with Crippen molar-refractivity contribution >= 4 is 5.91 Å². The molecule has 0 saturated carbocycles. The van der Waals surface area contributed by atoms with Crippen molar-refractivity contribution in [3.8, 4) is 0 Å². The van der Waals surface area contributed by atoms with Crippen LogP contribution < -0.4 is 10.6 Å². The highest BCUT2D eigenvalue weighted by Gasteiger charge is 2.19. The van der Waals surface area contributed by atoms with Gasteiger partial charge in [-0.25, -0.2) is 0 Å². The maximum Gasteiger partial charge on any atom is 0.220 e. The summed E-state index contributed by atoms with van der Waals surface area (Å²) in [5.41, 5.74) is 0. The number of methoxy groups -OCH3 is 1. The van der Waals surface area contributed by atoms with E-state index in [9.17, 15) is 9.90 Å². The Morgan fingerprint density at radius 3 is 3.13 bits per heavy atom. The molecular formula is C10H20N2O3. The van der Waals surface area contributed by atoms with Gasteiger partial charge in [-0.2, -0.15) is 0 Å². The Morgan fingerprint density at radius 1 is 1.73 bits per heavy atom. The zero-order chi connectivity index (χ0) is 11.1. The average molecular weight is 216 g/mol. The highest BCUT2D eigenvalue weighted by Crippen LogP contribution is 2.04. The molecule has 1 rings (SSSR count). The molecule has 0 aliphatic carbocycles.